The van der Waals surface area contributed by atoms with E-state index in [1.165, 1.54) is 38.5 Å². The van der Waals surface area contributed by atoms with Crippen LogP contribution in [0.5, 0.6) is 0 Å². The van der Waals surface area contributed by atoms with E-state index in [1.807, 2.05) is 0 Å². The number of carbonyl (C=O) groups is 1. The first-order valence-electron chi connectivity index (χ1n) is 12.0. The van der Waals surface area contributed by atoms with Crippen LogP contribution in [0.2, 0.25) is 0 Å². The molecule has 0 aromatic carbocycles. The Morgan fingerprint density at radius 1 is 0.893 bits per heavy atom. The molecule has 0 heterocycles. The summed E-state index contributed by atoms with van der Waals surface area (Å²) in [4.78, 5) is 12.9. The van der Waals surface area contributed by atoms with Crippen LogP contribution in [0.3, 0.4) is 0 Å². The van der Waals surface area contributed by atoms with Gasteiger partial charge in [0.25, 0.3) is 0 Å². The first-order valence-corrected chi connectivity index (χ1v) is 12.0. The molecule has 0 amide bonds. The van der Waals surface area contributed by atoms with Gasteiger partial charge in [0.2, 0.25) is 0 Å². The van der Waals surface area contributed by atoms with Crippen molar-refractivity contribution in [3.63, 3.8) is 0 Å². The summed E-state index contributed by atoms with van der Waals surface area (Å²) in [6.45, 7) is 2.64. The number of hydrogen-bond acceptors (Lipinski definition) is 4. The van der Waals surface area contributed by atoms with E-state index in [4.69, 9.17) is 9.47 Å². The van der Waals surface area contributed by atoms with Crippen LogP contribution in [-0.2, 0) is 9.47 Å². The second kappa shape index (κ2) is 5.89. The van der Waals surface area contributed by atoms with E-state index in [0.29, 0.717) is 30.3 Å². The molecule has 8 fully saturated rings. The molecule has 8 aliphatic rings. The van der Waals surface area contributed by atoms with Crippen molar-refractivity contribution in [3.05, 3.63) is 0 Å². The second-order valence-corrected chi connectivity index (χ2v) is 11.9. The van der Waals surface area contributed by atoms with Gasteiger partial charge in [0.15, 0.2) is 0 Å². The predicted octanol–water partition coefficient (Wildman–Crippen LogP) is 5.08. The van der Waals surface area contributed by atoms with Crippen LogP contribution in [0.4, 0.5) is 4.79 Å². The zero-order valence-corrected chi connectivity index (χ0v) is 17.3. The van der Waals surface area contributed by atoms with Gasteiger partial charge < -0.3 is 14.6 Å². The van der Waals surface area contributed by atoms with E-state index in [0.717, 1.165) is 50.4 Å². The van der Waals surface area contributed by atoms with E-state index in [2.05, 4.69) is 6.92 Å². The smallest absolute Gasteiger partial charge is 0.434 e. The van der Waals surface area contributed by atoms with Crippen LogP contribution in [0, 0.1) is 40.9 Å². The second-order valence-electron chi connectivity index (χ2n) is 11.9. The van der Waals surface area contributed by atoms with Gasteiger partial charge in [-0.2, -0.15) is 0 Å². The van der Waals surface area contributed by atoms with Gasteiger partial charge in [0.1, 0.15) is 12.2 Å². The topological polar surface area (TPSA) is 55.8 Å². The lowest BCUT2D eigenvalue weighted by Crippen LogP contribution is -2.59. The maximum absolute atomic E-state index is 12.9. The zero-order valence-electron chi connectivity index (χ0n) is 17.3. The SMILES string of the molecule is CCC1(OC(=O)OCC23CC4CC(CC(O)(C4)C2)C3)C2CC3CC(C2)CC1C3. The summed E-state index contributed by atoms with van der Waals surface area (Å²) in [5, 5.41) is 10.9. The highest BCUT2D eigenvalue weighted by Crippen LogP contribution is 2.62. The Kier molecular flexibility index (Phi) is 3.80. The molecule has 0 radical (unpaired) electrons. The van der Waals surface area contributed by atoms with Crippen LogP contribution in [0.1, 0.15) is 84.0 Å². The molecule has 4 nitrogen and oxygen atoms in total. The molecule has 2 unspecified atom stereocenters. The van der Waals surface area contributed by atoms with Crippen molar-refractivity contribution in [2.75, 3.05) is 6.61 Å². The minimum absolute atomic E-state index is 0.00129. The third-order valence-corrected chi connectivity index (χ3v) is 9.99. The third kappa shape index (κ3) is 2.62. The Labute approximate surface area is 168 Å². The van der Waals surface area contributed by atoms with Crippen molar-refractivity contribution in [1.82, 2.24) is 0 Å². The molecule has 0 spiro atoms. The van der Waals surface area contributed by atoms with Crippen LogP contribution in [-0.4, -0.2) is 29.1 Å². The molecule has 0 saturated heterocycles. The van der Waals surface area contributed by atoms with Crippen molar-refractivity contribution < 1.29 is 19.4 Å². The lowest BCUT2D eigenvalue weighted by atomic mass is 9.48. The summed E-state index contributed by atoms with van der Waals surface area (Å²) in [5.74, 6) is 4.07. The number of carbonyl (C=O) groups excluding carboxylic acids is 1. The first kappa shape index (κ1) is 18.0. The first-order chi connectivity index (χ1) is 13.4. The van der Waals surface area contributed by atoms with Gasteiger partial charge in [-0.15, -0.1) is 0 Å². The fourth-order valence-electron chi connectivity index (χ4n) is 9.77. The summed E-state index contributed by atoms with van der Waals surface area (Å²) < 4.78 is 12.1. The van der Waals surface area contributed by atoms with Gasteiger partial charge >= 0.3 is 6.16 Å². The number of aliphatic hydroxyl groups is 1. The third-order valence-electron chi connectivity index (χ3n) is 9.99. The fraction of sp³-hybridized carbons (Fsp3) is 0.958. The standard InChI is InChI=1S/C24H36O4/c1-2-24(19-5-15-3-16(7-19)8-20(24)6-15)28-21(25)27-14-22-9-17-4-18(10-22)12-23(26,11-17)13-22/h15-20,26H,2-14H2,1H3. The maximum Gasteiger partial charge on any atom is 0.508 e. The van der Waals surface area contributed by atoms with Gasteiger partial charge in [0.05, 0.1) is 5.60 Å². The number of hydrogen-bond donors (Lipinski definition) is 1. The summed E-state index contributed by atoms with van der Waals surface area (Å²) in [7, 11) is 0. The van der Waals surface area contributed by atoms with Gasteiger partial charge in [-0.05, 0) is 113 Å². The summed E-state index contributed by atoms with van der Waals surface area (Å²) >= 11 is 0. The van der Waals surface area contributed by atoms with Gasteiger partial charge in [-0.1, -0.05) is 6.92 Å². The number of rotatable bonds is 4. The molecule has 8 aliphatic carbocycles. The molecule has 0 aromatic rings. The summed E-state index contributed by atoms with van der Waals surface area (Å²) in [5.41, 5.74) is -0.769. The minimum Gasteiger partial charge on any atom is -0.434 e. The minimum atomic E-state index is -0.497. The Morgan fingerprint density at radius 3 is 2.00 bits per heavy atom. The molecule has 28 heavy (non-hydrogen) atoms. The van der Waals surface area contributed by atoms with Gasteiger partial charge in [-0.25, -0.2) is 4.79 Å². The molecule has 0 aromatic heterocycles. The van der Waals surface area contributed by atoms with E-state index >= 15 is 0 Å². The normalized spacial score (nSPS) is 55.5. The van der Waals surface area contributed by atoms with Crippen molar-refractivity contribution >= 4 is 6.16 Å². The van der Waals surface area contributed by atoms with Crippen molar-refractivity contribution in [2.45, 2.75) is 95.2 Å². The molecule has 4 heteroatoms. The molecular formula is C24H36O4. The molecular weight excluding hydrogens is 352 g/mol. The van der Waals surface area contributed by atoms with E-state index in [1.54, 1.807) is 0 Å². The van der Waals surface area contributed by atoms with Crippen LogP contribution < -0.4 is 0 Å². The van der Waals surface area contributed by atoms with Crippen LogP contribution >= 0.6 is 0 Å². The van der Waals surface area contributed by atoms with Crippen molar-refractivity contribution in [2.24, 2.45) is 40.9 Å². The zero-order chi connectivity index (χ0) is 19.1. The van der Waals surface area contributed by atoms with E-state index in [-0.39, 0.29) is 11.0 Å². The van der Waals surface area contributed by atoms with E-state index in [9.17, 15) is 9.90 Å². The highest BCUT2D eigenvalue weighted by molar-refractivity contribution is 5.61. The Bertz CT molecular complexity index is 628. The Balaban J connectivity index is 1.14. The van der Waals surface area contributed by atoms with Crippen molar-refractivity contribution in [1.29, 1.82) is 0 Å². The highest BCUT2D eigenvalue weighted by Gasteiger charge is 2.60. The Morgan fingerprint density at radius 2 is 1.46 bits per heavy atom. The molecule has 0 aliphatic heterocycles. The van der Waals surface area contributed by atoms with Gasteiger partial charge in [0, 0.05) is 5.41 Å². The quantitative estimate of drug-likeness (QED) is 0.683. The largest absolute Gasteiger partial charge is 0.508 e. The summed E-state index contributed by atoms with van der Waals surface area (Å²) in [6, 6.07) is 0. The average Bonchev–Trinajstić information content (AvgIpc) is 2.61. The maximum atomic E-state index is 12.9. The van der Waals surface area contributed by atoms with Gasteiger partial charge in [-0.3, -0.25) is 0 Å². The molecule has 2 atom stereocenters. The molecule has 156 valence electrons. The fourth-order valence-corrected chi connectivity index (χ4v) is 9.77. The lowest BCUT2D eigenvalue weighted by Gasteiger charge is -2.60. The Hall–Kier alpha value is -0.770. The predicted molar refractivity (Wildman–Crippen MR) is 105 cm³/mol. The molecule has 8 bridgehead atoms. The molecule has 8 rings (SSSR count). The molecule has 1 N–H and O–H groups in total. The van der Waals surface area contributed by atoms with Crippen molar-refractivity contribution in [3.8, 4) is 0 Å². The lowest BCUT2D eigenvalue weighted by molar-refractivity contribution is -0.198. The molecule has 8 saturated carbocycles. The van der Waals surface area contributed by atoms with Crippen LogP contribution in [0.25, 0.3) is 0 Å². The number of ether oxygens (including phenoxy) is 2. The average molecular weight is 389 g/mol. The van der Waals surface area contributed by atoms with E-state index < -0.39 is 11.8 Å². The monoisotopic (exact) mass is 388 g/mol. The highest BCUT2D eigenvalue weighted by atomic mass is 16.7. The van der Waals surface area contributed by atoms with Crippen LogP contribution in [0.15, 0.2) is 0 Å². The summed E-state index contributed by atoms with van der Waals surface area (Å²) in [6.07, 6.45) is 13.1.